The molecule has 1 aromatic rings. The summed E-state index contributed by atoms with van der Waals surface area (Å²) < 4.78 is 43.4. The molecule has 22 heavy (non-hydrogen) atoms. The summed E-state index contributed by atoms with van der Waals surface area (Å²) in [4.78, 5) is 2.33. The van der Waals surface area contributed by atoms with Crippen molar-refractivity contribution >= 4 is 0 Å². The van der Waals surface area contributed by atoms with Gasteiger partial charge in [0.1, 0.15) is 0 Å². The summed E-state index contributed by atoms with van der Waals surface area (Å²) in [5.74, 6) is 0.719. The van der Waals surface area contributed by atoms with E-state index in [0.717, 1.165) is 44.6 Å². The molecule has 0 aromatic carbocycles. The van der Waals surface area contributed by atoms with Crippen LogP contribution in [0.15, 0.2) is 6.07 Å². The standard InChI is InChI=1S/C15H20F3N3O/c16-15(17,18)12-7-11(19-20-12)8-21-9-14(3-5-22-6-4-14)13(21)10-1-2-10/h7,10,13H,1-6,8-9H2,(H,19,20). The predicted molar refractivity (Wildman–Crippen MR) is 73.0 cm³/mol. The molecule has 3 aliphatic rings. The molecule has 1 aliphatic carbocycles. The Morgan fingerprint density at radius 3 is 2.64 bits per heavy atom. The Labute approximate surface area is 127 Å². The summed E-state index contributed by atoms with van der Waals surface area (Å²) >= 11 is 0. The fraction of sp³-hybridized carbons (Fsp3) is 0.800. The number of nitrogens with zero attached hydrogens (tertiary/aromatic N) is 2. The van der Waals surface area contributed by atoms with E-state index in [9.17, 15) is 13.2 Å². The van der Waals surface area contributed by atoms with Crippen molar-refractivity contribution in [1.29, 1.82) is 0 Å². The van der Waals surface area contributed by atoms with E-state index in [2.05, 4.69) is 15.1 Å². The van der Waals surface area contributed by atoms with Crippen LogP contribution in [-0.4, -0.2) is 40.9 Å². The fourth-order valence-corrected chi connectivity index (χ4v) is 4.27. The van der Waals surface area contributed by atoms with Gasteiger partial charge in [-0.2, -0.15) is 18.3 Å². The second kappa shape index (κ2) is 4.96. The quantitative estimate of drug-likeness (QED) is 0.932. The average Bonchev–Trinajstić information content (AvgIpc) is 3.13. The van der Waals surface area contributed by atoms with Crippen LogP contribution in [0, 0.1) is 11.3 Å². The first-order chi connectivity index (χ1) is 10.5. The maximum absolute atomic E-state index is 12.6. The normalized spacial score (nSPS) is 28.8. The van der Waals surface area contributed by atoms with Gasteiger partial charge in [0, 0.05) is 43.5 Å². The van der Waals surface area contributed by atoms with E-state index >= 15 is 0 Å². The zero-order chi connectivity index (χ0) is 15.4. The summed E-state index contributed by atoms with van der Waals surface area (Å²) in [5.41, 5.74) is 0.0680. The Hall–Kier alpha value is -1.08. The maximum Gasteiger partial charge on any atom is 0.435 e. The molecule has 1 unspecified atom stereocenters. The smallest absolute Gasteiger partial charge is 0.381 e. The highest BCUT2D eigenvalue weighted by Gasteiger charge is 2.57. The first kappa shape index (κ1) is 14.5. The number of nitrogens with one attached hydrogen (secondary N) is 1. The summed E-state index contributed by atoms with van der Waals surface area (Å²) in [7, 11) is 0. The molecule has 3 fully saturated rings. The van der Waals surface area contributed by atoms with Crippen LogP contribution in [0.5, 0.6) is 0 Å². The largest absolute Gasteiger partial charge is 0.435 e. The fourth-order valence-electron chi connectivity index (χ4n) is 4.27. The van der Waals surface area contributed by atoms with Gasteiger partial charge in [-0.3, -0.25) is 10.00 Å². The van der Waals surface area contributed by atoms with E-state index in [1.807, 2.05) is 0 Å². The number of hydrogen-bond donors (Lipinski definition) is 1. The molecule has 1 spiro atoms. The van der Waals surface area contributed by atoms with Gasteiger partial charge in [-0.25, -0.2) is 0 Å². The number of likely N-dealkylation sites (tertiary alicyclic amines) is 1. The second-order valence-electron chi connectivity index (χ2n) is 6.94. The van der Waals surface area contributed by atoms with Crippen molar-refractivity contribution in [3.8, 4) is 0 Å². The third kappa shape index (κ3) is 2.44. The lowest BCUT2D eigenvalue weighted by Gasteiger charge is -2.60. The van der Waals surface area contributed by atoms with Crippen molar-refractivity contribution in [3.63, 3.8) is 0 Å². The van der Waals surface area contributed by atoms with Crippen molar-refractivity contribution in [2.75, 3.05) is 19.8 Å². The highest BCUT2D eigenvalue weighted by Crippen LogP contribution is 2.55. The Morgan fingerprint density at radius 1 is 1.32 bits per heavy atom. The van der Waals surface area contributed by atoms with Gasteiger partial charge in [-0.1, -0.05) is 0 Å². The van der Waals surface area contributed by atoms with Crippen LogP contribution in [0.1, 0.15) is 37.1 Å². The van der Waals surface area contributed by atoms with E-state index in [1.54, 1.807) is 0 Å². The molecule has 1 aromatic heterocycles. The van der Waals surface area contributed by atoms with Gasteiger partial charge in [0.2, 0.25) is 0 Å². The minimum absolute atomic E-state index is 0.340. The van der Waals surface area contributed by atoms with Crippen LogP contribution in [0.3, 0.4) is 0 Å². The molecule has 2 saturated heterocycles. The third-order valence-corrected chi connectivity index (χ3v) is 5.39. The minimum Gasteiger partial charge on any atom is -0.381 e. The molecule has 0 bridgehead atoms. The van der Waals surface area contributed by atoms with Crippen LogP contribution < -0.4 is 0 Å². The molecule has 0 amide bonds. The molecule has 7 heteroatoms. The molecule has 1 atom stereocenters. The number of aromatic amines is 1. The zero-order valence-electron chi connectivity index (χ0n) is 12.3. The van der Waals surface area contributed by atoms with Gasteiger partial charge in [0.05, 0.1) is 0 Å². The first-order valence-electron chi connectivity index (χ1n) is 7.91. The Balaban J connectivity index is 1.46. The van der Waals surface area contributed by atoms with Crippen LogP contribution in [0.4, 0.5) is 13.2 Å². The predicted octanol–water partition coefficient (Wildman–Crippen LogP) is 2.82. The van der Waals surface area contributed by atoms with Gasteiger partial charge in [-0.15, -0.1) is 0 Å². The van der Waals surface area contributed by atoms with Gasteiger partial charge in [0.25, 0.3) is 0 Å². The Morgan fingerprint density at radius 2 is 2.05 bits per heavy atom. The molecular formula is C15H20F3N3O. The van der Waals surface area contributed by atoms with Crippen LogP contribution in [-0.2, 0) is 17.5 Å². The molecule has 2 aliphatic heterocycles. The summed E-state index contributed by atoms with van der Waals surface area (Å²) in [6, 6.07) is 1.65. The molecule has 4 nitrogen and oxygen atoms in total. The van der Waals surface area contributed by atoms with E-state index in [4.69, 9.17) is 4.74 Å². The van der Waals surface area contributed by atoms with Gasteiger partial charge < -0.3 is 4.74 Å². The minimum atomic E-state index is -4.37. The second-order valence-corrected chi connectivity index (χ2v) is 6.94. The molecular weight excluding hydrogens is 295 g/mol. The van der Waals surface area contributed by atoms with Crippen molar-refractivity contribution < 1.29 is 17.9 Å². The number of aromatic nitrogens is 2. The third-order valence-electron chi connectivity index (χ3n) is 5.39. The van der Waals surface area contributed by atoms with Crippen LogP contribution in [0.2, 0.25) is 0 Å². The first-order valence-corrected chi connectivity index (χ1v) is 7.91. The van der Waals surface area contributed by atoms with E-state index in [-0.39, 0.29) is 0 Å². The number of alkyl halides is 3. The topological polar surface area (TPSA) is 41.1 Å². The monoisotopic (exact) mass is 315 g/mol. The lowest BCUT2D eigenvalue weighted by molar-refractivity contribution is -0.145. The molecule has 122 valence electrons. The summed E-state index contributed by atoms with van der Waals surface area (Å²) in [6.45, 7) is 3.14. The molecule has 1 saturated carbocycles. The van der Waals surface area contributed by atoms with Gasteiger partial charge >= 0.3 is 6.18 Å². The number of ether oxygens (including phenoxy) is 1. The lowest BCUT2D eigenvalue weighted by Crippen LogP contribution is -2.66. The number of halogens is 3. The molecule has 0 radical (unpaired) electrons. The Kier molecular flexibility index (Phi) is 3.27. The summed E-state index contributed by atoms with van der Waals surface area (Å²) in [6.07, 6.45) is 0.297. The van der Waals surface area contributed by atoms with Gasteiger partial charge in [-0.05, 0) is 37.7 Å². The van der Waals surface area contributed by atoms with Crippen LogP contribution in [0.25, 0.3) is 0 Å². The van der Waals surface area contributed by atoms with E-state index in [1.165, 1.54) is 12.8 Å². The average molecular weight is 315 g/mol. The van der Waals surface area contributed by atoms with Crippen molar-refractivity contribution in [1.82, 2.24) is 15.1 Å². The molecule has 4 rings (SSSR count). The number of hydrogen-bond acceptors (Lipinski definition) is 3. The lowest BCUT2D eigenvalue weighted by atomic mass is 9.64. The molecule has 1 N–H and O–H groups in total. The highest BCUT2D eigenvalue weighted by atomic mass is 19.4. The van der Waals surface area contributed by atoms with Crippen molar-refractivity contribution in [2.45, 2.75) is 44.4 Å². The highest BCUT2D eigenvalue weighted by molar-refractivity contribution is 5.15. The number of H-pyrrole nitrogens is 1. The van der Waals surface area contributed by atoms with Gasteiger partial charge in [0.15, 0.2) is 5.69 Å². The van der Waals surface area contributed by atoms with Crippen molar-refractivity contribution in [2.24, 2.45) is 11.3 Å². The molecule has 3 heterocycles. The number of rotatable bonds is 3. The SMILES string of the molecule is FC(F)(F)c1cc(CN2CC3(CCOCC3)C2C2CC2)[nH]n1. The van der Waals surface area contributed by atoms with Crippen molar-refractivity contribution in [3.05, 3.63) is 17.5 Å². The Bertz CT molecular complexity index is 546. The van der Waals surface area contributed by atoms with Crippen LogP contribution >= 0.6 is 0 Å². The zero-order valence-corrected chi connectivity index (χ0v) is 12.3. The maximum atomic E-state index is 12.6. The summed E-state index contributed by atoms with van der Waals surface area (Å²) in [5, 5.41) is 5.94. The van der Waals surface area contributed by atoms with E-state index < -0.39 is 11.9 Å². The van der Waals surface area contributed by atoms with E-state index in [0.29, 0.717) is 23.7 Å².